The number of aromatic nitrogens is 1. The second kappa shape index (κ2) is 4.61. The first-order valence-electron chi connectivity index (χ1n) is 4.99. The molecule has 0 atom stereocenters. The van der Waals surface area contributed by atoms with Gasteiger partial charge in [0.1, 0.15) is 0 Å². The van der Waals surface area contributed by atoms with Crippen LogP contribution in [0.2, 0.25) is 0 Å². The van der Waals surface area contributed by atoms with Gasteiger partial charge in [-0.2, -0.15) is 0 Å². The van der Waals surface area contributed by atoms with Gasteiger partial charge in [-0.1, -0.05) is 6.07 Å². The molecule has 0 amide bonds. The Kier molecular flexibility index (Phi) is 3.00. The smallest absolute Gasteiger partial charge is 0.274 e. The molecule has 1 saturated heterocycles. The third-order valence-electron chi connectivity index (χ3n) is 2.35. The minimum Gasteiger partial charge on any atom is -0.365 e. The lowest BCUT2D eigenvalue weighted by Crippen LogP contribution is -2.20. The minimum absolute atomic E-state index is 0.441. The van der Waals surface area contributed by atoms with Crippen LogP contribution in [0.4, 0.5) is 0 Å². The molecule has 0 aliphatic carbocycles. The zero-order valence-electron chi connectivity index (χ0n) is 8.67. The van der Waals surface area contributed by atoms with E-state index in [1.165, 1.54) is 0 Å². The van der Waals surface area contributed by atoms with E-state index in [0.717, 1.165) is 24.9 Å². The van der Waals surface area contributed by atoms with Crippen molar-refractivity contribution in [3.8, 4) is 0 Å². The first kappa shape index (κ1) is 10.4. The predicted molar refractivity (Wildman–Crippen MR) is 57.7 cm³/mol. The van der Waals surface area contributed by atoms with Gasteiger partial charge in [0.15, 0.2) is 5.82 Å². The second-order valence-electron chi connectivity index (χ2n) is 3.51. The van der Waals surface area contributed by atoms with Gasteiger partial charge in [-0.25, -0.2) is 0 Å². The summed E-state index contributed by atoms with van der Waals surface area (Å²) >= 11 is 0. The topological polar surface area (TPSA) is 71.3 Å². The summed E-state index contributed by atoms with van der Waals surface area (Å²) in [6, 6.07) is 3.81. The van der Waals surface area contributed by atoms with Crippen molar-refractivity contribution in [1.82, 2.24) is 15.2 Å². The average molecular weight is 220 g/mol. The summed E-state index contributed by atoms with van der Waals surface area (Å²) in [7, 11) is 0. The second-order valence-corrected chi connectivity index (χ2v) is 3.51. The van der Waals surface area contributed by atoms with Crippen LogP contribution in [-0.4, -0.2) is 27.9 Å². The van der Waals surface area contributed by atoms with Gasteiger partial charge in [-0.15, -0.1) is 0 Å². The Bertz CT molecular complexity index is 405. The molecule has 6 nitrogen and oxygen atoms in total. The Labute approximate surface area is 92.7 Å². The number of rotatable bonds is 3. The van der Waals surface area contributed by atoms with E-state index >= 15 is 0 Å². The summed E-state index contributed by atoms with van der Waals surface area (Å²) in [5.41, 5.74) is 1.04. The van der Waals surface area contributed by atoms with Crippen LogP contribution in [-0.2, 0) is 6.54 Å². The summed E-state index contributed by atoms with van der Waals surface area (Å²) in [4.78, 5) is 15.9. The minimum atomic E-state index is -0.441. The van der Waals surface area contributed by atoms with Crippen molar-refractivity contribution < 1.29 is 4.92 Å². The highest BCUT2D eigenvalue weighted by Crippen LogP contribution is 2.11. The fraction of sp³-hybridized carbons (Fsp3) is 0.300. The molecule has 2 rings (SSSR count). The van der Waals surface area contributed by atoms with Crippen LogP contribution in [0.1, 0.15) is 5.56 Å². The Hall–Kier alpha value is -2.11. The van der Waals surface area contributed by atoms with Crippen molar-refractivity contribution in [3.05, 3.63) is 52.2 Å². The number of pyridine rings is 1. The van der Waals surface area contributed by atoms with Gasteiger partial charge in [-0.3, -0.25) is 15.1 Å². The zero-order chi connectivity index (χ0) is 11.4. The molecule has 16 heavy (non-hydrogen) atoms. The van der Waals surface area contributed by atoms with E-state index in [2.05, 4.69) is 10.3 Å². The molecular formula is C10H12N4O2. The summed E-state index contributed by atoms with van der Waals surface area (Å²) in [5, 5.41) is 13.4. The maximum Gasteiger partial charge on any atom is 0.274 e. The van der Waals surface area contributed by atoms with Crippen molar-refractivity contribution in [2.24, 2.45) is 0 Å². The molecule has 1 fully saturated rings. The number of hydrogen-bond donors (Lipinski definition) is 1. The molecule has 1 aliphatic heterocycles. The van der Waals surface area contributed by atoms with Crippen molar-refractivity contribution in [2.75, 3.05) is 13.1 Å². The Morgan fingerprint density at radius 2 is 2.56 bits per heavy atom. The Morgan fingerprint density at radius 1 is 1.69 bits per heavy atom. The van der Waals surface area contributed by atoms with Gasteiger partial charge in [0, 0.05) is 32.0 Å². The standard InChI is InChI=1S/C10H12N4O2/c15-14(16)8-10-12-4-5-13(10)7-9-2-1-3-11-6-9/h1-3,6,8,12H,4-5,7H2/b10-8+. The largest absolute Gasteiger partial charge is 0.365 e. The number of nitro groups is 1. The monoisotopic (exact) mass is 220 g/mol. The lowest BCUT2D eigenvalue weighted by atomic mass is 10.3. The van der Waals surface area contributed by atoms with Crippen LogP contribution >= 0.6 is 0 Å². The van der Waals surface area contributed by atoms with E-state index in [0.29, 0.717) is 12.4 Å². The molecule has 1 aromatic rings. The van der Waals surface area contributed by atoms with E-state index < -0.39 is 4.92 Å². The van der Waals surface area contributed by atoms with E-state index in [1.54, 1.807) is 12.4 Å². The fourth-order valence-electron chi connectivity index (χ4n) is 1.65. The first-order valence-corrected chi connectivity index (χ1v) is 4.99. The van der Waals surface area contributed by atoms with Crippen molar-refractivity contribution >= 4 is 0 Å². The summed E-state index contributed by atoms with van der Waals surface area (Å²) in [5.74, 6) is 0.564. The molecule has 0 spiro atoms. The number of hydrogen-bond acceptors (Lipinski definition) is 5. The third-order valence-corrected chi connectivity index (χ3v) is 2.35. The number of nitrogens with zero attached hydrogens (tertiary/aromatic N) is 3. The van der Waals surface area contributed by atoms with E-state index in [-0.39, 0.29) is 0 Å². The van der Waals surface area contributed by atoms with Gasteiger partial charge in [0.2, 0.25) is 0 Å². The van der Waals surface area contributed by atoms with E-state index in [1.807, 2.05) is 17.0 Å². The lowest BCUT2D eigenvalue weighted by molar-refractivity contribution is -0.404. The van der Waals surface area contributed by atoms with Gasteiger partial charge in [0.05, 0.1) is 4.92 Å². The molecule has 0 unspecified atom stereocenters. The van der Waals surface area contributed by atoms with Gasteiger partial charge >= 0.3 is 0 Å². The van der Waals surface area contributed by atoms with Crippen LogP contribution in [0.5, 0.6) is 0 Å². The van der Waals surface area contributed by atoms with E-state index in [9.17, 15) is 10.1 Å². The molecule has 1 N–H and O–H groups in total. The van der Waals surface area contributed by atoms with Crippen molar-refractivity contribution in [3.63, 3.8) is 0 Å². The molecule has 1 aliphatic rings. The maximum absolute atomic E-state index is 10.4. The highest BCUT2D eigenvalue weighted by Gasteiger charge is 2.19. The van der Waals surface area contributed by atoms with Crippen molar-refractivity contribution in [1.29, 1.82) is 0 Å². The molecule has 1 aromatic heterocycles. The molecule has 0 aromatic carbocycles. The van der Waals surface area contributed by atoms with Crippen LogP contribution in [0.15, 0.2) is 36.5 Å². The fourth-order valence-corrected chi connectivity index (χ4v) is 1.65. The maximum atomic E-state index is 10.4. The highest BCUT2D eigenvalue weighted by atomic mass is 16.6. The van der Waals surface area contributed by atoms with Crippen LogP contribution in [0.25, 0.3) is 0 Å². The molecule has 0 saturated carbocycles. The Morgan fingerprint density at radius 3 is 3.25 bits per heavy atom. The number of nitrogens with one attached hydrogen (secondary N) is 1. The highest BCUT2D eigenvalue weighted by molar-refractivity contribution is 5.11. The Balaban J connectivity index is 2.07. The molecule has 2 heterocycles. The SMILES string of the molecule is O=[N+]([O-])/C=C1\NCCN1Cc1cccnc1. The van der Waals surface area contributed by atoms with Crippen LogP contribution < -0.4 is 5.32 Å². The summed E-state index contributed by atoms with van der Waals surface area (Å²) in [6.07, 6.45) is 4.48. The molecule has 0 radical (unpaired) electrons. The van der Waals surface area contributed by atoms with Gasteiger partial charge in [-0.05, 0) is 11.6 Å². The van der Waals surface area contributed by atoms with Crippen molar-refractivity contribution in [2.45, 2.75) is 6.54 Å². The van der Waals surface area contributed by atoms with Gasteiger partial charge in [0.25, 0.3) is 6.20 Å². The predicted octanol–water partition coefficient (Wildman–Crippen LogP) is 0.562. The molecule has 0 bridgehead atoms. The van der Waals surface area contributed by atoms with Gasteiger partial charge < -0.3 is 10.2 Å². The zero-order valence-corrected chi connectivity index (χ0v) is 8.67. The molecule has 6 heteroatoms. The normalized spacial score (nSPS) is 17.5. The molecular weight excluding hydrogens is 208 g/mol. The van der Waals surface area contributed by atoms with E-state index in [4.69, 9.17) is 0 Å². The quantitative estimate of drug-likeness (QED) is 0.595. The molecule has 84 valence electrons. The lowest BCUT2D eigenvalue weighted by Gasteiger charge is -2.16. The summed E-state index contributed by atoms with van der Waals surface area (Å²) in [6.45, 7) is 2.15. The first-order chi connectivity index (χ1) is 7.75. The van der Waals surface area contributed by atoms with Crippen LogP contribution in [0.3, 0.4) is 0 Å². The van der Waals surface area contributed by atoms with Crippen LogP contribution in [0, 0.1) is 10.1 Å². The summed E-state index contributed by atoms with van der Waals surface area (Å²) < 4.78 is 0. The average Bonchev–Trinajstić information content (AvgIpc) is 2.66. The third kappa shape index (κ3) is 2.47.